The molecule has 0 fully saturated rings. The summed E-state index contributed by atoms with van der Waals surface area (Å²) in [6.45, 7) is 7.85. The topological polar surface area (TPSA) is 67.4 Å². The van der Waals surface area contributed by atoms with Gasteiger partial charge in [-0.25, -0.2) is 4.98 Å². The molecule has 1 heterocycles. The van der Waals surface area contributed by atoms with Crippen LogP contribution in [0.25, 0.3) is 0 Å². The van der Waals surface area contributed by atoms with E-state index >= 15 is 0 Å². The van der Waals surface area contributed by atoms with Gasteiger partial charge in [0.2, 0.25) is 0 Å². The smallest absolute Gasteiger partial charge is 0.274 e. The molecule has 0 aliphatic rings. The third-order valence-corrected chi connectivity index (χ3v) is 3.13. The van der Waals surface area contributed by atoms with Crippen molar-refractivity contribution >= 4 is 11.7 Å². The van der Waals surface area contributed by atoms with E-state index in [9.17, 15) is 4.79 Å². The van der Waals surface area contributed by atoms with Gasteiger partial charge in [0.25, 0.3) is 5.91 Å². The van der Waals surface area contributed by atoms with Crippen molar-refractivity contribution in [1.82, 2.24) is 14.9 Å². The van der Waals surface area contributed by atoms with Gasteiger partial charge in [0, 0.05) is 26.2 Å². The van der Waals surface area contributed by atoms with Crippen molar-refractivity contribution in [3.63, 3.8) is 0 Å². The molecule has 0 aliphatic heterocycles. The van der Waals surface area contributed by atoms with Crippen LogP contribution in [-0.4, -0.2) is 53.6 Å². The molecule has 1 aromatic rings. The molecule has 1 amide bonds. The lowest BCUT2D eigenvalue weighted by atomic mass is 10.2. The Balaban J connectivity index is 2.89. The molecule has 1 atom stereocenters. The lowest BCUT2D eigenvalue weighted by Gasteiger charge is -2.28. The highest BCUT2D eigenvalue weighted by Gasteiger charge is 2.21. The van der Waals surface area contributed by atoms with E-state index in [1.807, 2.05) is 13.8 Å². The molecule has 1 N–H and O–H groups in total. The minimum atomic E-state index is -0.108. The van der Waals surface area contributed by atoms with Crippen LogP contribution in [-0.2, 0) is 4.74 Å². The predicted octanol–water partition coefficient (Wildman–Crippen LogP) is 1.80. The maximum Gasteiger partial charge on any atom is 0.274 e. The Hall–Kier alpha value is -1.69. The van der Waals surface area contributed by atoms with Crippen LogP contribution in [0.3, 0.4) is 0 Å². The van der Waals surface area contributed by atoms with Gasteiger partial charge in [-0.1, -0.05) is 6.92 Å². The highest BCUT2D eigenvalue weighted by atomic mass is 16.5. The molecule has 0 aromatic carbocycles. The predicted molar refractivity (Wildman–Crippen MR) is 78.9 cm³/mol. The van der Waals surface area contributed by atoms with Gasteiger partial charge in [0.1, 0.15) is 11.5 Å². The van der Waals surface area contributed by atoms with Gasteiger partial charge in [-0.3, -0.25) is 9.78 Å². The summed E-state index contributed by atoms with van der Waals surface area (Å²) < 4.78 is 5.07. The Morgan fingerprint density at radius 3 is 2.80 bits per heavy atom. The van der Waals surface area contributed by atoms with E-state index in [-0.39, 0.29) is 11.9 Å². The zero-order valence-electron chi connectivity index (χ0n) is 12.7. The van der Waals surface area contributed by atoms with Crippen molar-refractivity contribution in [1.29, 1.82) is 0 Å². The molecule has 6 heteroatoms. The normalized spacial score (nSPS) is 12.0. The average molecular weight is 280 g/mol. The largest absolute Gasteiger partial charge is 0.383 e. The fourth-order valence-corrected chi connectivity index (χ4v) is 1.81. The molecule has 0 radical (unpaired) electrons. The molecule has 0 bridgehead atoms. The number of aromatic nitrogens is 2. The second-order valence-corrected chi connectivity index (χ2v) is 4.57. The van der Waals surface area contributed by atoms with Crippen LogP contribution in [0.4, 0.5) is 5.82 Å². The number of methoxy groups -OCH3 is 1. The summed E-state index contributed by atoms with van der Waals surface area (Å²) in [6.07, 6.45) is 4.00. The van der Waals surface area contributed by atoms with Crippen LogP contribution in [0, 0.1) is 0 Å². The van der Waals surface area contributed by atoms with Crippen molar-refractivity contribution in [2.45, 2.75) is 33.2 Å². The fraction of sp³-hybridized carbons (Fsp3) is 0.643. The first-order valence-corrected chi connectivity index (χ1v) is 6.99. The quantitative estimate of drug-likeness (QED) is 0.786. The number of rotatable bonds is 8. The molecular formula is C14H24N4O2. The van der Waals surface area contributed by atoms with E-state index in [0.717, 1.165) is 13.0 Å². The van der Waals surface area contributed by atoms with E-state index in [0.29, 0.717) is 24.7 Å². The van der Waals surface area contributed by atoms with Crippen molar-refractivity contribution in [2.75, 3.05) is 32.1 Å². The second-order valence-electron chi connectivity index (χ2n) is 4.57. The Bertz CT molecular complexity index is 425. The van der Waals surface area contributed by atoms with Gasteiger partial charge in [-0.2, -0.15) is 0 Å². The summed E-state index contributed by atoms with van der Waals surface area (Å²) in [6, 6.07) is 0.141. The van der Waals surface area contributed by atoms with E-state index in [1.54, 1.807) is 18.2 Å². The van der Waals surface area contributed by atoms with Gasteiger partial charge in [-0.05, 0) is 20.3 Å². The zero-order chi connectivity index (χ0) is 15.0. The summed E-state index contributed by atoms with van der Waals surface area (Å²) in [4.78, 5) is 22.7. The van der Waals surface area contributed by atoms with Crippen molar-refractivity contribution in [2.24, 2.45) is 0 Å². The van der Waals surface area contributed by atoms with Crippen LogP contribution in [0.5, 0.6) is 0 Å². The molecule has 1 aromatic heterocycles. The Morgan fingerprint density at radius 1 is 1.45 bits per heavy atom. The van der Waals surface area contributed by atoms with Crippen molar-refractivity contribution < 1.29 is 9.53 Å². The summed E-state index contributed by atoms with van der Waals surface area (Å²) in [5, 5.41) is 3.06. The molecular weight excluding hydrogens is 256 g/mol. The SMILES string of the molecule is CCNc1cncc(C(=O)N(CCOC)C(C)CC)n1. The monoisotopic (exact) mass is 280 g/mol. The van der Waals surface area contributed by atoms with Crippen LogP contribution in [0.15, 0.2) is 12.4 Å². The number of amides is 1. The molecule has 0 spiro atoms. The van der Waals surface area contributed by atoms with Gasteiger partial charge in [-0.15, -0.1) is 0 Å². The van der Waals surface area contributed by atoms with Gasteiger partial charge in [0.15, 0.2) is 0 Å². The minimum absolute atomic E-state index is 0.108. The number of nitrogens with one attached hydrogen (secondary N) is 1. The standard InChI is InChI=1S/C14H24N4O2/c1-5-11(3)18(7-8-20-4)14(19)12-9-15-10-13(17-12)16-6-2/h9-11H,5-8H2,1-4H3,(H,16,17). The Kier molecular flexibility index (Phi) is 6.93. The van der Waals surface area contributed by atoms with E-state index < -0.39 is 0 Å². The van der Waals surface area contributed by atoms with E-state index in [2.05, 4.69) is 22.2 Å². The number of carbonyl (C=O) groups excluding carboxylic acids is 1. The number of hydrogen-bond acceptors (Lipinski definition) is 5. The summed E-state index contributed by atoms with van der Waals surface area (Å²) >= 11 is 0. The number of anilines is 1. The average Bonchev–Trinajstić information content (AvgIpc) is 2.47. The zero-order valence-corrected chi connectivity index (χ0v) is 12.7. The number of nitrogens with zero attached hydrogens (tertiary/aromatic N) is 3. The number of ether oxygens (including phenoxy) is 1. The molecule has 0 aliphatic carbocycles. The van der Waals surface area contributed by atoms with Crippen molar-refractivity contribution in [3.8, 4) is 0 Å². The van der Waals surface area contributed by atoms with Crippen LogP contribution >= 0.6 is 0 Å². The third kappa shape index (κ3) is 4.45. The third-order valence-electron chi connectivity index (χ3n) is 3.13. The summed E-state index contributed by atoms with van der Waals surface area (Å²) in [5.74, 6) is 0.512. The Labute approximate surface area is 120 Å². The van der Waals surface area contributed by atoms with Crippen LogP contribution in [0.1, 0.15) is 37.7 Å². The minimum Gasteiger partial charge on any atom is -0.383 e. The van der Waals surface area contributed by atoms with Gasteiger partial charge < -0.3 is 15.0 Å². The molecule has 20 heavy (non-hydrogen) atoms. The maximum atomic E-state index is 12.5. The lowest BCUT2D eigenvalue weighted by Crippen LogP contribution is -2.41. The molecule has 0 saturated carbocycles. The van der Waals surface area contributed by atoms with E-state index in [4.69, 9.17) is 4.74 Å². The van der Waals surface area contributed by atoms with Gasteiger partial charge >= 0.3 is 0 Å². The second kappa shape index (κ2) is 8.47. The molecule has 0 saturated heterocycles. The Morgan fingerprint density at radius 2 is 2.20 bits per heavy atom. The summed E-state index contributed by atoms with van der Waals surface area (Å²) in [5.41, 5.74) is 0.361. The van der Waals surface area contributed by atoms with Gasteiger partial charge in [0.05, 0.1) is 19.0 Å². The summed E-state index contributed by atoms with van der Waals surface area (Å²) in [7, 11) is 1.63. The molecule has 1 rings (SSSR count). The number of carbonyl (C=O) groups is 1. The first kappa shape index (κ1) is 16.4. The molecule has 112 valence electrons. The fourth-order valence-electron chi connectivity index (χ4n) is 1.81. The van der Waals surface area contributed by atoms with E-state index in [1.165, 1.54) is 6.20 Å². The highest BCUT2D eigenvalue weighted by Crippen LogP contribution is 2.10. The molecule has 1 unspecified atom stereocenters. The maximum absolute atomic E-state index is 12.5. The van der Waals surface area contributed by atoms with Crippen LogP contribution in [0.2, 0.25) is 0 Å². The highest BCUT2D eigenvalue weighted by molar-refractivity contribution is 5.92. The van der Waals surface area contributed by atoms with Crippen LogP contribution < -0.4 is 5.32 Å². The first-order valence-electron chi connectivity index (χ1n) is 6.99. The first-order chi connectivity index (χ1) is 9.63. The lowest BCUT2D eigenvalue weighted by molar-refractivity contribution is 0.0608. The number of hydrogen-bond donors (Lipinski definition) is 1. The van der Waals surface area contributed by atoms with Crippen molar-refractivity contribution in [3.05, 3.63) is 18.1 Å². The molecule has 6 nitrogen and oxygen atoms in total.